The maximum absolute atomic E-state index is 12.5. The first-order valence-electron chi connectivity index (χ1n) is 11.2. The van der Waals surface area contributed by atoms with E-state index in [9.17, 15) is 14.4 Å². The Bertz CT molecular complexity index is 1190. The Kier molecular flexibility index (Phi) is 6.85. The molecule has 3 aromatic rings. The topological polar surface area (TPSA) is 76.3 Å². The second kappa shape index (κ2) is 9.96. The van der Waals surface area contributed by atoms with Crippen LogP contribution >= 0.6 is 0 Å². The summed E-state index contributed by atoms with van der Waals surface area (Å²) in [5, 5.41) is 2.91. The largest absolute Gasteiger partial charge is 0.353 e. The summed E-state index contributed by atoms with van der Waals surface area (Å²) in [4.78, 5) is 39.6. The molecule has 7 heteroatoms. The molecule has 0 unspecified atom stereocenters. The molecule has 1 saturated heterocycles. The summed E-state index contributed by atoms with van der Waals surface area (Å²) in [5.41, 5.74) is 1.30. The molecule has 2 heterocycles. The van der Waals surface area contributed by atoms with Crippen molar-refractivity contribution in [2.45, 2.75) is 25.8 Å². The normalized spacial score (nSPS) is 15.2. The van der Waals surface area contributed by atoms with Crippen LogP contribution < -0.4 is 16.4 Å². The molecule has 1 fully saturated rings. The molecule has 2 aromatic carbocycles. The summed E-state index contributed by atoms with van der Waals surface area (Å²) < 4.78 is 2.59. The number of fused-ring (bicyclic) bond motifs is 1. The second-order valence-corrected chi connectivity index (χ2v) is 8.57. The van der Waals surface area contributed by atoms with Crippen LogP contribution in [0.4, 0.5) is 0 Å². The van der Waals surface area contributed by atoms with Crippen molar-refractivity contribution in [3.8, 4) is 0 Å². The van der Waals surface area contributed by atoms with Gasteiger partial charge in [-0.3, -0.25) is 19.0 Å². The minimum absolute atomic E-state index is 0.158. The number of para-hydroxylation sites is 2. The van der Waals surface area contributed by atoms with E-state index in [1.54, 1.807) is 31.3 Å². The summed E-state index contributed by atoms with van der Waals surface area (Å²) in [5.74, 6) is 0.452. The first-order chi connectivity index (χ1) is 15.5. The van der Waals surface area contributed by atoms with E-state index in [-0.39, 0.29) is 12.5 Å². The molecule has 1 N–H and O–H groups in total. The molecule has 0 atom stereocenters. The molecule has 1 amide bonds. The summed E-state index contributed by atoms with van der Waals surface area (Å²) >= 11 is 0. The Morgan fingerprint density at radius 2 is 1.59 bits per heavy atom. The van der Waals surface area contributed by atoms with Crippen molar-refractivity contribution in [1.29, 1.82) is 0 Å². The average molecular weight is 435 g/mol. The van der Waals surface area contributed by atoms with Gasteiger partial charge in [0, 0.05) is 20.1 Å². The van der Waals surface area contributed by atoms with Gasteiger partial charge in [-0.25, -0.2) is 0 Å². The lowest BCUT2D eigenvalue weighted by molar-refractivity contribution is -0.121. The van der Waals surface area contributed by atoms with Gasteiger partial charge in [0.2, 0.25) is 5.91 Å². The SMILES string of the molecule is Cn1c(=O)c(=O)n(CC(=O)NCCN2CCC(Cc3ccccc3)CC2)c2ccccc21. The zero-order valence-electron chi connectivity index (χ0n) is 18.5. The Morgan fingerprint density at radius 3 is 2.31 bits per heavy atom. The van der Waals surface area contributed by atoms with Crippen molar-refractivity contribution in [2.24, 2.45) is 13.0 Å². The molecule has 0 aliphatic carbocycles. The van der Waals surface area contributed by atoms with Crippen molar-refractivity contribution >= 4 is 16.9 Å². The molecular weight excluding hydrogens is 404 g/mol. The highest BCUT2D eigenvalue weighted by Gasteiger charge is 2.19. The van der Waals surface area contributed by atoms with Crippen LogP contribution in [0.2, 0.25) is 0 Å². The molecule has 0 spiro atoms. The van der Waals surface area contributed by atoms with Crippen molar-refractivity contribution in [3.05, 3.63) is 80.9 Å². The molecule has 0 bridgehead atoms. The quantitative estimate of drug-likeness (QED) is 0.575. The average Bonchev–Trinajstić information content (AvgIpc) is 2.82. The number of aromatic nitrogens is 2. The lowest BCUT2D eigenvalue weighted by atomic mass is 9.90. The fraction of sp³-hybridized carbons (Fsp3) is 0.400. The van der Waals surface area contributed by atoms with Crippen LogP contribution in [-0.2, 0) is 24.8 Å². The highest BCUT2D eigenvalue weighted by Crippen LogP contribution is 2.21. The van der Waals surface area contributed by atoms with Gasteiger partial charge in [0.1, 0.15) is 6.54 Å². The third-order valence-electron chi connectivity index (χ3n) is 6.39. The highest BCUT2D eigenvalue weighted by molar-refractivity contribution is 5.80. The number of carbonyl (C=O) groups excluding carboxylic acids is 1. The van der Waals surface area contributed by atoms with Gasteiger partial charge in [-0.1, -0.05) is 42.5 Å². The Labute approximate surface area is 187 Å². The number of carbonyl (C=O) groups is 1. The smallest absolute Gasteiger partial charge is 0.317 e. The maximum Gasteiger partial charge on any atom is 0.317 e. The zero-order chi connectivity index (χ0) is 22.5. The minimum atomic E-state index is -0.679. The van der Waals surface area contributed by atoms with Crippen LogP contribution in [0.25, 0.3) is 11.0 Å². The predicted molar refractivity (Wildman–Crippen MR) is 126 cm³/mol. The number of nitrogens with one attached hydrogen (secondary N) is 1. The van der Waals surface area contributed by atoms with Gasteiger partial charge in [0.25, 0.3) is 0 Å². The van der Waals surface area contributed by atoms with Crippen LogP contribution in [0.5, 0.6) is 0 Å². The van der Waals surface area contributed by atoms with E-state index in [2.05, 4.69) is 40.5 Å². The van der Waals surface area contributed by atoms with Crippen LogP contribution in [0.15, 0.2) is 64.2 Å². The lowest BCUT2D eigenvalue weighted by Gasteiger charge is -2.32. The first kappa shape index (κ1) is 22.0. The summed E-state index contributed by atoms with van der Waals surface area (Å²) in [6.07, 6.45) is 3.46. The van der Waals surface area contributed by atoms with Crippen LogP contribution in [-0.4, -0.2) is 46.1 Å². The van der Waals surface area contributed by atoms with Crippen molar-refractivity contribution in [1.82, 2.24) is 19.4 Å². The van der Waals surface area contributed by atoms with Crippen LogP contribution in [0.3, 0.4) is 0 Å². The lowest BCUT2D eigenvalue weighted by Crippen LogP contribution is -2.44. The van der Waals surface area contributed by atoms with E-state index in [1.165, 1.54) is 14.7 Å². The molecule has 4 rings (SSSR count). The van der Waals surface area contributed by atoms with Gasteiger partial charge in [-0.15, -0.1) is 0 Å². The fourth-order valence-corrected chi connectivity index (χ4v) is 4.53. The van der Waals surface area contributed by atoms with Crippen molar-refractivity contribution in [2.75, 3.05) is 26.2 Å². The predicted octanol–water partition coefficient (Wildman–Crippen LogP) is 1.77. The first-order valence-corrected chi connectivity index (χ1v) is 11.2. The van der Waals surface area contributed by atoms with Crippen LogP contribution in [0.1, 0.15) is 18.4 Å². The van der Waals surface area contributed by atoms with E-state index in [0.717, 1.165) is 38.9 Å². The number of benzene rings is 2. The Balaban J connectivity index is 1.27. The highest BCUT2D eigenvalue weighted by atomic mass is 16.2. The Morgan fingerprint density at radius 1 is 0.938 bits per heavy atom. The van der Waals surface area contributed by atoms with Gasteiger partial charge in [0.05, 0.1) is 11.0 Å². The number of aryl methyl sites for hydroxylation is 1. The molecule has 1 aliphatic heterocycles. The number of likely N-dealkylation sites (tertiary alicyclic amines) is 1. The molecule has 7 nitrogen and oxygen atoms in total. The number of hydrogen-bond donors (Lipinski definition) is 1. The van der Waals surface area contributed by atoms with Crippen LogP contribution in [0, 0.1) is 5.92 Å². The molecule has 168 valence electrons. The zero-order valence-corrected chi connectivity index (χ0v) is 18.5. The maximum atomic E-state index is 12.5. The van der Waals surface area contributed by atoms with Gasteiger partial charge in [-0.2, -0.15) is 0 Å². The molecular formula is C25H30N4O3. The number of hydrogen-bond acceptors (Lipinski definition) is 4. The van der Waals surface area contributed by atoms with E-state index in [1.807, 2.05) is 0 Å². The number of rotatable bonds is 7. The standard InChI is InChI=1S/C25H30N4O3/c1-27-21-9-5-6-10-22(21)29(25(32)24(27)31)18-23(30)26-13-16-28-14-11-20(12-15-28)17-19-7-3-2-4-8-19/h2-10,20H,11-18H2,1H3,(H,26,30). The van der Waals surface area contributed by atoms with Crippen molar-refractivity contribution < 1.29 is 4.79 Å². The second-order valence-electron chi connectivity index (χ2n) is 8.57. The monoisotopic (exact) mass is 434 g/mol. The van der Waals surface area contributed by atoms with Crippen molar-refractivity contribution in [3.63, 3.8) is 0 Å². The number of nitrogens with zero attached hydrogens (tertiary/aromatic N) is 3. The summed E-state index contributed by atoms with van der Waals surface area (Å²) in [7, 11) is 1.57. The van der Waals surface area contributed by atoms with Gasteiger partial charge in [0.15, 0.2) is 0 Å². The van der Waals surface area contributed by atoms with E-state index in [4.69, 9.17) is 0 Å². The number of amides is 1. The molecule has 1 aliphatic rings. The molecule has 0 saturated carbocycles. The Hall–Kier alpha value is -3.19. The van der Waals surface area contributed by atoms with E-state index < -0.39 is 11.1 Å². The van der Waals surface area contributed by atoms with E-state index in [0.29, 0.717) is 23.5 Å². The van der Waals surface area contributed by atoms with Gasteiger partial charge < -0.3 is 14.8 Å². The fourth-order valence-electron chi connectivity index (χ4n) is 4.53. The summed E-state index contributed by atoms with van der Waals surface area (Å²) in [6, 6.07) is 17.8. The minimum Gasteiger partial charge on any atom is -0.353 e. The summed E-state index contributed by atoms with van der Waals surface area (Å²) in [6.45, 7) is 3.22. The molecule has 1 aromatic heterocycles. The van der Waals surface area contributed by atoms with E-state index >= 15 is 0 Å². The molecule has 32 heavy (non-hydrogen) atoms. The third-order valence-corrected chi connectivity index (χ3v) is 6.39. The molecule has 0 radical (unpaired) electrons. The number of piperidine rings is 1. The van der Waals surface area contributed by atoms with Gasteiger partial charge in [-0.05, 0) is 56.0 Å². The third kappa shape index (κ3) is 4.99. The van der Waals surface area contributed by atoms with Gasteiger partial charge >= 0.3 is 11.1 Å².